The third-order valence-corrected chi connectivity index (χ3v) is 2.12. The summed E-state index contributed by atoms with van der Waals surface area (Å²) < 4.78 is 0. The fourth-order valence-corrected chi connectivity index (χ4v) is 1.23. The van der Waals surface area contributed by atoms with Crippen LogP contribution >= 0.6 is 0 Å². The van der Waals surface area contributed by atoms with Crippen LogP contribution in [0.4, 0.5) is 17.3 Å². The van der Waals surface area contributed by atoms with Crippen molar-refractivity contribution in [1.82, 2.24) is 9.97 Å². The van der Waals surface area contributed by atoms with Crippen LogP contribution in [0.5, 0.6) is 0 Å². The van der Waals surface area contributed by atoms with E-state index in [1.54, 1.807) is 6.08 Å². The van der Waals surface area contributed by atoms with Crippen molar-refractivity contribution in [2.75, 3.05) is 29.5 Å². The van der Waals surface area contributed by atoms with Gasteiger partial charge in [0.15, 0.2) is 11.6 Å². The van der Waals surface area contributed by atoms with E-state index in [1.807, 2.05) is 0 Å². The summed E-state index contributed by atoms with van der Waals surface area (Å²) in [6, 6.07) is 0. The average molecular weight is 221 g/mol. The molecule has 16 heavy (non-hydrogen) atoms. The van der Waals surface area contributed by atoms with Crippen LogP contribution in [0.2, 0.25) is 0 Å². The van der Waals surface area contributed by atoms with Gasteiger partial charge in [-0.3, -0.25) is 0 Å². The summed E-state index contributed by atoms with van der Waals surface area (Å²) in [5, 5.41) is 6.25. The van der Waals surface area contributed by atoms with E-state index in [4.69, 9.17) is 5.73 Å². The molecule has 0 aliphatic heterocycles. The standard InChI is InChI=1S/C11H19N5/c1-3-5-7-14-11-9(12)10(13-6-4-2)15-8-16-11/h4,8H,2-3,5-7,12H2,1H3,(H2,13,14,15,16). The van der Waals surface area contributed by atoms with E-state index in [0.29, 0.717) is 23.9 Å². The second kappa shape index (κ2) is 6.66. The van der Waals surface area contributed by atoms with Crippen LogP contribution in [-0.2, 0) is 0 Å². The van der Waals surface area contributed by atoms with Gasteiger partial charge in [0.25, 0.3) is 0 Å². The van der Waals surface area contributed by atoms with Crippen LogP contribution in [0.25, 0.3) is 0 Å². The number of anilines is 3. The van der Waals surface area contributed by atoms with Gasteiger partial charge in [-0.05, 0) is 6.42 Å². The number of nitrogens with two attached hydrogens (primary N) is 1. The highest BCUT2D eigenvalue weighted by Crippen LogP contribution is 2.21. The summed E-state index contributed by atoms with van der Waals surface area (Å²) in [7, 11) is 0. The topological polar surface area (TPSA) is 75.9 Å². The van der Waals surface area contributed by atoms with Gasteiger partial charge >= 0.3 is 0 Å². The van der Waals surface area contributed by atoms with E-state index in [0.717, 1.165) is 19.4 Å². The first-order valence-corrected chi connectivity index (χ1v) is 5.48. The van der Waals surface area contributed by atoms with Crippen molar-refractivity contribution in [3.8, 4) is 0 Å². The molecule has 0 saturated heterocycles. The molecule has 0 bridgehead atoms. The Kier molecular flexibility index (Phi) is 5.11. The largest absolute Gasteiger partial charge is 0.393 e. The Morgan fingerprint density at radius 1 is 1.38 bits per heavy atom. The van der Waals surface area contributed by atoms with Crippen molar-refractivity contribution in [1.29, 1.82) is 0 Å². The van der Waals surface area contributed by atoms with Gasteiger partial charge in [-0.2, -0.15) is 0 Å². The number of aromatic nitrogens is 2. The zero-order chi connectivity index (χ0) is 11.8. The lowest BCUT2D eigenvalue weighted by Gasteiger charge is -2.11. The Labute approximate surface area is 96.2 Å². The van der Waals surface area contributed by atoms with E-state index >= 15 is 0 Å². The first-order chi connectivity index (χ1) is 7.79. The number of rotatable bonds is 7. The van der Waals surface area contributed by atoms with Crippen molar-refractivity contribution >= 4 is 17.3 Å². The molecule has 4 N–H and O–H groups in total. The normalized spacial score (nSPS) is 9.81. The molecule has 88 valence electrons. The van der Waals surface area contributed by atoms with E-state index in [-0.39, 0.29) is 0 Å². The third kappa shape index (κ3) is 3.42. The van der Waals surface area contributed by atoms with E-state index in [9.17, 15) is 0 Å². The summed E-state index contributed by atoms with van der Waals surface area (Å²) in [5.41, 5.74) is 6.48. The summed E-state index contributed by atoms with van der Waals surface area (Å²) in [6.07, 6.45) is 5.49. The molecule has 0 saturated carbocycles. The fraction of sp³-hybridized carbons (Fsp3) is 0.455. The third-order valence-electron chi connectivity index (χ3n) is 2.12. The maximum atomic E-state index is 5.92. The van der Waals surface area contributed by atoms with Gasteiger partial charge in [0.2, 0.25) is 0 Å². The van der Waals surface area contributed by atoms with Crippen LogP contribution in [0.1, 0.15) is 19.8 Å². The number of hydrogen-bond acceptors (Lipinski definition) is 5. The number of nitrogens with one attached hydrogen (secondary N) is 2. The van der Waals surface area contributed by atoms with Gasteiger partial charge < -0.3 is 16.4 Å². The van der Waals surface area contributed by atoms with Crippen molar-refractivity contribution in [2.24, 2.45) is 0 Å². The molecule has 0 aliphatic carbocycles. The lowest BCUT2D eigenvalue weighted by Crippen LogP contribution is -2.10. The monoisotopic (exact) mass is 221 g/mol. The smallest absolute Gasteiger partial charge is 0.155 e. The van der Waals surface area contributed by atoms with Crippen LogP contribution in [0, 0.1) is 0 Å². The zero-order valence-electron chi connectivity index (χ0n) is 9.66. The molecule has 1 rings (SSSR count). The number of nitrogen functional groups attached to an aromatic ring is 1. The number of unbranched alkanes of at least 4 members (excludes halogenated alkanes) is 1. The second-order valence-electron chi connectivity index (χ2n) is 3.43. The van der Waals surface area contributed by atoms with Crippen LogP contribution in [0.3, 0.4) is 0 Å². The van der Waals surface area contributed by atoms with Gasteiger partial charge in [0, 0.05) is 13.1 Å². The minimum Gasteiger partial charge on any atom is -0.393 e. The van der Waals surface area contributed by atoms with Gasteiger partial charge in [0.05, 0.1) is 0 Å². The lowest BCUT2D eigenvalue weighted by atomic mass is 10.3. The quantitative estimate of drug-likeness (QED) is 0.484. The Balaban J connectivity index is 2.66. The van der Waals surface area contributed by atoms with Crippen molar-refractivity contribution in [2.45, 2.75) is 19.8 Å². The SMILES string of the molecule is C=CCNc1ncnc(NCCCC)c1N. The summed E-state index contributed by atoms with van der Waals surface area (Å²) in [6.45, 7) is 7.28. The molecule has 0 fully saturated rings. The molecular formula is C11H19N5. The molecule has 1 heterocycles. The Bertz CT molecular complexity index is 337. The molecule has 5 nitrogen and oxygen atoms in total. The maximum absolute atomic E-state index is 5.92. The van der Waals surface area contributed by atoms with Crippen molar-refractivity contribution < 1.29 is 0 Å². The Morgan fingerprint density at radius 3 is 2.69 bits per heavy atom. The zero-order valence-corrected chi connectivity index (χ0v) is 9.66. The van der Waals surface area contributed by atoms with Crippen molar-refractivity contribution in [3.05, 3.63) is 19.0 Å². The van der Waals surface area contributed by atoms with E-state index in [1.165, 1.54) is 6.33 Å². The van der Waals surface area contributed by atoms with Gasteiger partial charge in [-0.15, -0.1) is 6.58 Å². The molecule has 0 unspecified atom stereocenters. The predicted octanol–water partition coefficient (Wildman–Crippen LogP) is 1.87. The summed E-state index contributed by atoms with van der Waals surface area (Å²) >= 11 is 0. The molecule has 1 aromatic rings. The fourth-order valence-electron chi connectivity index (χ4n) is 1.23. The molecule has 0 aliphatic rings. The minimum absolute atomic E-state index is 0.556. The molecule has 0 aromatic carbocycles. The highest BCUT2D eigenvalue weighted by Gasteiger charge is 2.05. The van der Waals surface area contributed by atoms with Gasteiger partial charge in [0.1, 0.15) is 12.0 Å². The molecule has 0 spiro atoms. The minimum atomic E-state index is 0.556. The first kappa shape index (κ1) is 12.3. The Morgan fingerprint density at radius 2 is 2.06 bits per heavy atom. The predicted molar refractivity (Wildman–Crippen MR) is 68.5 cm³/mol. The lowest BCUT2D eigenvalue weighted by molar-refractivity contribution is 0.831. The van der Waals surface area contributed by atoms with Gasteiger partial charge in [-0.1, -0.05) is 19.4 Å². The molecule has 1 aromatic heterocycles. The van der Waals surface area contributed by atoms with E-state index < -0.39 is 0 Å². The Hall–Kier alpha value is -1.78. The van der Waals surface area contributed by atoms with Crippen molar-refractivity contribution in [3.63, 3.8) is 0 Å². The summed E-state index contributed by atoms with van der Waals surface area (Å²) in [4.78, 5) is 8.18. The second-order valence-corrected chi connectivity index (χ2v) is 3.43. The summed E-state index contributed by atoms with van der Waals surface area (Å²) in [5.74, 6) is 1.34. The molecule has 0 radical (unpaired) electrons. The van der Waals surface area contributed by atoms with E-state index in [2.05, 4.69) is 34.1 Å². The molecule has 0 atom stereocenters. The molecule has 0 amide bonds. The van der Waals surface area contributed by atoms with Crippen LogP contribution in [-0.4, -0.2) is 23.1 Å². The van der Waals surface area contributed by atoms with Crippen LogP contribution in [0.15, 0.2) is 19.0 Å². The first-order valence-electron chi connectivity index (χ1n) is 5.48. The van der Waals surface area contributed by atoms with Gasteiger partial charge in [-0.25, -0.2) is 9.97 Å². The number of nitrogens with zero attached hydrogens (tertiary/aromatic N) is 2. The number of hydrogen-bond donors (Lipinski definition) is 3. The highest BCUT2D eigenvalue weighted by molar-refractivity contribution is 5.73. The highest BCUT2D eigenvalue weighted by atomic mass is 15.1. The average Bonchev–Trinajstić information content (AvgIpc) is 2.30. The maximum Gasteiger partial charge on any atom is 0.155 e. The van der Waals surface area contributed by atoms with Crippen LogP contribution < -0.4 is 16.4 Å². The molecular weight excluding hydrogens is 202 g/mol. The molecule has 5 heteroatoms.